The molecule has 0 radical (unpaired) electrons. The molecule has 0 amide bonds. The normalized spacial score (nSPS) is 13.1. The molecular formula is C53H37NS. The number of thiophene rings is 1. The highest BCUT2D eigenvalue weighted by atomic mass is 32.1. The van der Waals surface area contributed by atoms with Gasteiger partial charge in [-0.1, -0.05) is 159 Å². The third-order valence-corrected chi connectivity index (χ3v) is 13.1. The van der Waals surface area contributed by atoms with E-state index in [0.29, 0.717) is 0 Å². The lowest BCUT2D eigenvalue weighted by Gasteiger charge is -2.28. The van der Waals surface area contributed by atoms with Gasteiger partial charge in [-0.05, 0) is 109 Å². The lowest BCUT2D eigenvalue weighted by atomic mass is 9.82. The minimum atomic E-state index is -0.0942. The Morgan fingerprint density at radius 3 is 1.75 bits per heavy atom. The topological polar surface area (TPSA) is 3.24 Å². The van der Waals surface area contributed by atoms with E-state index in [4.69, 9.17) is 0 Å². The third-order valence-electron chi connectivity index (χ3n) is 11.9. The van der Waals surface area contributed by atoms with E-state index in [1.54, 1.807) is 0 Å². The van der Waals surface area contributed by atoms with Crippen LogP contribution >= 0.6 is 11.3 Å². The summed E-state index contributed by atoms with van der Waals surface area (Å²) in [5.41, 5.74) is 13.7. The smallest absolute Gasteiger partial charge is 0.0465 e. The quantitative estimate of drug-likeness (QED) is 0.171. The van der Waals surface area contributed by atoms with Crippen molar-refractivity contribution < 1.29 is 0 Å². The van der Waals surface area contributed by atoms with Crippen molar-refractivity contribution in [1.82, 2.24) is 0 Å². The van der Waals surface area contributed by atoms with Crippen LogP contribution in [0, 0.1) is 0 Å². The van der Waals surface area contributed by atoms with Gasteiger partial charge in [0, 0.05) is 42.6 Å². The first kappa shape index (κ1) is 32.0. The molecule has 11 rings (SSSR count). The molecular weight excluding hydrogens is 683 g/mol. The van der Waals surface area contributed by atoms with Crippen molar-refractivity contribution in [2.75, 3.05) is 4.90 Å². The number of benzene rings is 9. The van der Waals surface area contributed by atoms with Crippen molar-refractivity contribution in [2.24, 2.45) is 0 Å². The second-order valence-corrected chi connectivity index (χ2v) is 16.4. The van der Waals surface area contributed by atoms with Gasteiger partial charge in [-0.25, -0.2) is 0 Å². The first-order chi connectivity index (χ1) is 27.0. The Kier molecular flexibility index (Phi) is 7.14. The monoisotopic (exact) mass is 719 g/mol. The summed E-state index contributed by atoms with van der Waals surface area (Å²) in [6.07, 6.45) is 0. The Hall–Kier alpha value is -6.48. The van der Waals surface area contributed by atoms with Gasteiger partial charge in [-0.2, -0.15) is 0 Å². The van der Waals surface area contributed by atoms with E-state index in [-0.39, 0.29) is 5.41 Å². The molecule has 9 aromatic carbocycles. The summed E-state index contributed by atoms with van der Waals surface area (Å²) in [7, 11) is 0. The Morgan fingerprint density at radius 1 is 0.400 bits per heavy atom. The molecule has 0 saturated heterocycles. The van der Waals surface area contributed by atoms with E-state index in [9.17, 15) is 0 Å². The number of rotatable bonds is 5. The van der Waals surface area contributed by atoms with Crippen molar-refractivity contribution >= 4 is 70.1 Å². The number of anilines is 3. The number of fused-ring (bicyclic) bond motifs is 9. The minimum absolute atomic E-state index is 0.0942. The molecule has 2 heteroatoms. The fourth-order valence-corrected chi connectivity index (χ4v) is 10.4. The molecule has 1 aliphatic carbocycles. The van der Waals surface area contributed by atoms with Crippen LogP contribution in [0.1, 0.15) is 25.0 Å². The van der Waals surface area contributed by atoms with Crippen LogP contribution in [-0.4, -0.2) is 0 Å². The van der Waals surface area contributed by atoms with Crippen molar-refractivity contribution in [1.29, 1.82) is 0 Å². The molecule has 1 nitrogen and oxygen atoms in total. The van der Waals surface area contributed by atoms with Crippen LogP contribution in [0.3, 0.4) is 0 Å². The maximum absolute atomic E-state index is 2.42. The molecule has 0 unspecified atom stereocenters. The molecule has 0 spiro atoms. The minimum Gasteiger partial charge on any atom is -0.310 e. The summed E-state index contributed by atoms with van der Waals surface area (Å²) in [6, 6.07) is 69.5. The molecule has 0 bridgehead atoms. The second kappa shape index (κ2) is 12.3. The van der Waals surface area contributed by atoms with Crippen LogP contribution in [-0.2, 0) is 5.41 Å². The zero-order chi connectivity index (χ0) is 36.7. The van der Waals surface area contributed by atoms with Crippen LogP contribution in [0.2, 0.25) is 0 Å². The summed E-state index contributed by atoms with van der Waals surface area (Å²) in [4.78, 5) is 2.42. The number of nitrogens with zero attached hydrogens (tertiary/aromatic N) is 1. The van der Waals surface area contributed by atoms with Crippen LogP contribution < -0.4 is 4.90 Å². The highest BCUT2D eigenvalue weighted by Crippen LogP contribution is 2.51. The molecule has 0 aliphatic heterocycles. The van der Waals surface area contributed by atoms with Gasteiger partial charge in [0.1, 0.15) is 0 Å². The molecule has 10 aromatic rings. The molecule has 260 valence electrons. The Bertz CT molecular complexity index is 3110. The van der Waals surface area contributed by atoms with Crippen molar-refractivity contribution in [2.45, 2.75) is 19.3 Å². The van der Waals surface area contributed by atoms with Crippen LogP contribution in [0.15, 0.2) is 188 Å². The molecule has 0 saturated carbocycles. The zero-order valence-corrected chi connectivity index (χ0v) is 31.6. The van der Waals surface area contributed by atoms with Gasteiger partial charge in [0.05, 0.1) is 0 Å². The first-order valence-electron chi connectivity index (χ1n) is 19.1. The summed E-state index contributed by atoms with van der Waals surface area (Å²) in [5, 5.41) is 7.80. The molecule has 0 fully saturated rings. The Morgan fingerprint density at radius 2 is 0.964 bits per heavy atom. The van der Waals surface area contributed by atoms with Crippen LogP contribution in [0.4, 0.5) is 17.1 Å². The van der Waals surface area contributed by atoms with Gasteiger partial charge >= 0.3 is 0 Å². The number of hydrogen-bond acceptors (Lipinski definition) is 2. The van der Waals surface area contributed by atoms with Gasteiger partial charge in [0.2, 0.25) is 0 Å². The second-order valence-electron chi connectivity index (χ2n) is 15.3. The van der Waals surface area contributed by atoms with Crippen molar-refractivity contribution in [3.05, 3.63) is 199 Å². The molecule has 55 heavy (non-hydrogen) atoms. The fraction of sp³-hybridized carbons (Fsp3) is 0.0566. The average Bonchev–Trinajstić information content (AvgIpc) is 3.74. The van der Waals surface area contributed by atoms with Gasteiger partial charge < -0.3 is 4.90 Å². The van der Waals surface area contributed by atoms with Gasteiger partial charge in [0.25, 0.3) is 0 Å². The van der Waals surface area contributed by atoms with E-state index in [0.717, 1.165) is 17.1 Å². The zero-order valence-electron chi connectivity index (χ0n) is 30.8. The van der Waals surface area contributed by atoms with Crippen LogP contribution in [0.25, 0.3) is 75.1 Å². The van der Waals surface area contributed by atoms with Crippen LogP contribution in [0.5, 0.6) is 0 Å². The average molecular weight is 720 g/mol. The summed E-state index contributed by atoms with van der Waals surface area (Å²) in [6.45, 7) is 4.72. The van der Waals surface area contributed by atoms with Gasteiger partial charge in [-0.15, -0.1) is 11.3 Å². The molecule has 1 heterocycles. The predicted octanol–water partition coefficient (Wildman–Crippen LogP) is 15.5. The molecule has 0 N–H and O–H groups in total. The summed E-state index contributed by atoms with van der Waals surface area (Å²) in [5.74, 6) is 0. The maximum atomic E-state index is 2.42. The SMILES string of the molecule is CC1(C)c2ccccc2-c2ccc(N(c3ccc(-c4cccc5ccccc45)cc3)c3ccc(-c4cccc5sc6c7ccccc7ccc6c45)cc3)cc21. The molecule has 1 aliphatic rings. The standard InChI is InChI=1S/C53H37NS/c1-53(2)48-19-8-7-16-45(48)46-32-30-40(33-49(46)53)54(38-26-21-36(22-27-38)42-17-9-13-34-11-3-5-14-41(34)42)39-28-23-37(24-29-39)43-18-10-20-50-51(43)47-31-25-35-12-4-6-15-44(35)52(47)55-50/h3-33H,1-2H3. The molecule has 1 aromatic heterocycles. The Balaban J connectivity index is 1.04. The number of hydrogen-bond donors (Lipinski definition) is 0. The van der Waals surface area contributed by atoms with E-state index in [1.165, 1.54) is 86.2 Å². The van der Waals surface area contributed by atoms with E-state index >= 15 is 0 Å². The van der Waals surface area contributed by atoms with Gasteiger partial charge in [0.15, 0.2) is 0 Å². The largest absolute Gasteiger partial charge is 0.310 e. The van der Waals surface area contributed by atoms with E-state index in [2.05, 4.69) is 207 Å². The fourth-order valence-electron chi connectivity index (χ4n) is 9.13. The maximum Gasteiger partial charge on any atom is 0.0465 e. The van der Waals surface area contributed by atoms with Gasteiger partial charge in [-0.3, -0.25) is 0 Å². The van der Waals surface area contributed by atoms with Crippen molar-refractivity contribution in [3.63, 3.8) is 0 Å². The highest BCUT2D eigenvalue weighted by molar-refractivity contribution is 7.26. The Labute approximate surface area is 325 Å². The predicted molar refractivity (Wildman–Crippen MR) is 237 cm³/mol. The van der Waals surface area contributed by atoms with Crippen molar-refractivity contribution in [3.8, 4) is 33.4 Å². The highest BCUT2D eigenvalue weighted by Gasteiger charge is 2.35. The summed E-state index contributed by atoms with van der Waals surface area (Å²) < 4.78 is 2.68. The van der Waals surface area contributed by atoms with E-state index in [1.807, 2.05) is 11.3 Å². The third kappa shape index (κ3) is 4.99. The lowest BCUT2D eigenvalue weighted by molar-refractivity contribution is 0.660. The first-order valence-corrected chi connectivity index (χ1v) is 19.9. The summed E-state index contributed by atoms with van der Waals surface area (Å²) >= 11 is 1.90. The van der Waals surface area contributed by atoms with E-state index < -0.39 is 0 Å². The molecule has 0 atom stereocenters. The lowest BCUT2D eigenvalue weighted by Crippen LogP contribution is -2.16.